The third-order valence-corrected chi connectivity index (χ3v) is 9.49. The van der Waals surface area contributed by atoms with E-state index in [4.69, 9.17) is 10.2 Å². The molecular formula is C33H24BrN5O2S. The van der Waals surface area contributed by atoms with Crippen molar-refractivity contribution < 1.29 is 4.92 Å². The summed E-state index contributed by atoms with van der Waals surface area (Å²) in [6.07, 6.45) is 6.05. The Labute approximate surface area is 255 Å². The molecular weight excluding hydrogens is 610 g/mol. The SMILES string of the molecule is O=[N+]([O-])c1ccc(C2=NN(c3ccccc3)[C@]3(S2)c2ccccc2C(C2=CC=C(Br)CC2)=NN3c2ccccc2)cc1. The van der Waals surface area contributed by atoms with Crippen molar-refractivity contribution >= 4 is 55.5 Å². The predicted octanol–water partition coefficient (Wildman–Crippen LogP) is 8.54. The van der Waals surface area contributed by atoms with Gasteiger partial charge in [-0.3, -0.25) is 10.1 Å². The lowest BCUT2D eigenvalue weighted by Gasteiger charge is -2.47. The second-order valence-electron chi connectivity index (χ2n) is 10.0. The molecule has 4 aromatic rings. The molecule has 2 heterocycles. The van der Waals surface area contributed by atoms with Gasteiger partial charge < -0.3 is 0 Å². The van der Waals surface area contributed by atoms with Crippen LogP contribution in [0.25, 0.3) is 0 Å². The average Bonchev–Trinajstić information content (AvgIpc) is 3.44. The van der Waals surface area contributed by atoms with Gasteiger partial charge >= 0.3 is 0 Å². The second-order valence-corrected chi connectivity index (χ2v) is 12.2. The summed E-state index contributed by atoms with van der Waals surface area (Å²) in [6, 6.07) is 35.2. The molecule has 9 heteroatoms. The van der Waals surface area contributed by atoms with Gasteiger partial charge in [0.05, 0.1) is 22.0 Å². The number of hydrogen-bond acceptors (Lipinski definition) is 7. The Morgan fingerprint density at radius 2 is 1.38 bits per heavy atom. The molecule has 2 aliphatic heterocycles. The van der Waals surface area contributed by atoms with Crippen molar-refractivity contribution in [3.05, 3.63) is 158 Å². The molecule has 0 saturated heterocycles. The standard InChI is InChI=1S/C33H24BrN5O2S/c34-25-19-15-23(16-20-25)31-29-13-7-8-14-30(29)33(37(35-31)26-9-3-1-4-10-26)38(27-11-5-2-6-12-27)36-32(42-33)24-17-21-28(22-18-24)39(40)41/h1-15,17-19,21-22H,16,20H2/t33-/m0/s1. The Kier molecular flexibility index (Phi) is 6.76. The smallest absolute Gasteiger partial charge is 0.258 e. The van der Waals surface area contributed by atoms with Crippen LogP contribution >= 0.6 is 27.7 Å². The zero-order valence-electron chi connectivity index (χ0n) is 22.3. The fourth-order valence-electron chi connectivity index (χ4n) is 5.46. The molecule has 0 N–H and O–H groups in total. The zero-order valence-corrected chi connectivity index (χ0v) is 24.7. The minimum atomic E-state index is -0.911. The van der Waals surface area contributed by atoms with E-state index in [9.17, 15) is 10.1 Å². The van der Waals surface area contributed by atoms with E-state index >= 15 is 0 Å². The summed E-state index contributed by atoms with van der Waals surface area (Å²) in [5, 5.41) is 26.9. The number of nitrogens with zero attached hydrogens (tertiary/aromatic N) is 5. The molecule has 0 radical (unpaired) electrons. The maximum atomic E-state index is 11.4. The monoisotopic (exact) mass is 633 g/mol. The Morgan fingerprint density at radius 1 is 0.762 bits per heavy atom. The molecule has 0 fully saturated rings. The molecule has 4 aromatic carbocycles. The summed E-state index contributed by atoms with van der Waals surface area (Å²) in [7, 11) is 0. The summed E-state index contributed by atoms with van der Waals surface area (Å²) in [4.78, 5) is 10.1. The molecule has 0 amide bonds. The van der Waals surface area contributed by atoms with E-state index in [1.54, 1.807) is 23.9 Å². The van der Waals surface area contributed by atoms with Crippen LogP contribution in [0.1, 0.15) is 29.5 Å². The third-order valence-electron chi connectivity index (χ3n) is 7.47. The normalized spacial score (nSPS) is 19.5. The number of fused-ring (bicyclic) bond motifs is 2. The van der Waals surface area contributed by atoms with Crippen LogP contribution in [-0.2, 0) is 4.99 Å². The first kappa shape index (κ1) is 26.4. The van der Waals surface area contributed by atoms with E-state index in [1.807, 2.05) is 53.5 Å². The van der Waals surface area contributed by atoms with Gasteiger partial charge in [-0.25, -0.2) is 10.0 Å². The van der Waals surface area contributed by atoms with Gasteiger partial charge in [0.2, 0.25) is 4.99 Å². The van der Waals surface area contributed by atoms with Gasteiger partial charge in [0.15, 0.2) is 0 Å². The highest BCUT2D eigenvalue weighted by Gasteiger charge is 2.55. The van der Waals surface area contributed by atoms with E-state index in [1.165, 1.54) is 22.2 Å². The second kappa shape index (κ2) is 10.7. The van der Waals surface area contributed by atoms with Crippen LogP contribution in [0.15, 0.2) is 142 Å². The highest BCUT2D eigenvalue weighted by molar-refractivity contribution is 9.11. The van der Waals surface area contributed by atoms with Crippen molar-refractivity contribution in [3.63, 3.8) is 0 Å². The number of para-hydroxylation sites is 2. The molecule has 7 nitrogen and oxygen atoms in total. The maximum Gasteiger partial charge on any atom is 0.269 e. The highest BCUT2D eigenvalue weighted by Crippen LogP contribution is 2.55. The van der Waals surface area contributed by atoms with Gasteiger partial charge in [0.25, 0.3) is 5.69 Å². The molecule has 206 valence electrons. The van der Waals surface area contributed by atoms with E-state index < -0.39 is 4.99 Å². The fourth-order valence-corrected chi connectivity index (χ4v) is 7.19. The number of non-ortho nitro benzene ring substituents is 1. The van der Waals surface area contributed by atoms with Crippen LogP contribution in [0, 0.1) is 10.1 Å². The first-order valence-electron chi connectivity index (χ1n) is 13.5. The largest absolute Gasteiger partial charge is 0.269 e. The van der Waals surface area contributed by atoms with Crippen LogP contribution in [0.5, 0.6) is 0 Å². The van der Waals surface area contributed by atoms with Crippen molar-refractivity contribution in [1.29, 1.82) is 0 Å². The molecule has 1 atom stereocenters. The first-order valence-corrected chi connectivity index (χ1v) is 15.1. The van der Waals surface area contributed by atoms with Crippen LogP contribution < -0.4 is 10.0 Å². The molecule has 0 aromatic heterocycles. The van der Waals surface area contributed by atoms with Gasteiger partial charge in [-0.2, -0.15) is 10.2 Å². The maximum absolute atomic E-state index is 11.4. The summed E-state index contributed by atoms with van der Waals surface area (Å²) in [5.41, 5.74) is 6.89. The number of nitro benzene ring substituents is 1. The van der Waals surface area contributed by atoms with E-state index in [-0.39, 0.29) is 10.6 Å². The molecule has 3 aliphatic rings. The Bertz CT molecular complexity index is 1810. The molecule has 1 aliphatic carbocycles. The van der Waals surface area contributed by atoms with Gasteiger partial charge in [0, 0.05) is 28.8 Å². The fraction of sp³-hybridized carbons (Fsp3) is 0.0909. The number of nitro groups is 1. The molecule has 7 rings (SSSR count). The van der Waals surface area contributed by atoms with Crippen molar-refractivity contribution in [1.82, 2.24) is 0 Å². The first-order chi connectivity index (χ1) is 20.5. The number of rotatable bonds is 5. The lowest BCUT2D eigenvalue weighted by atomic mass is 9.90. The lowest BCUT2D eigenvalue weighted by Crippen LogP contribution is -2.54. The number of thioether (sulfide) groups is 1. The van der Waals surface area contributed by atoms with Gasteiger partial charge in [-0.1, -0.05) is 88.7 Å². The van der Waals surface area contributed by atoms with Gasteiger partial charge in [0.1, 0.15) is 5.04 Å². The molecule has 1 spiro atoms. The quantitative estimate of drug-likeness (QED) is 0.163. The summed E-state index contributed by atoms with van der Waals surface area (Å²) in [6.45, 7) is 0. The average molecular weight is 635 g/mol. The summed E-state index contributed by atoms with van der Waals surface area (Å²) < 4.78 is 1.18. The third kappa shape index (κ3) is 4.45. The van der Waals surface area contributed by atoms with Crippen molar-refractivity contribution in [2.45, 2.75) is 17.8 Å². The van der Waals surface area contributed by atoms with Crippen molar-refractivity contribution in [2.75, 3.05) is 10.0 Å². The summed E-state index contributed by atoms with van der Waals surface area (Å²) >= 11 is 5.23. The van der Waals surface area contributed by atoms with Crippen LogP contribution in [0.2, 0.25) is 0 Å². The molecule has 42 heavy (non-hydrogen) atoms. The lowest BCUT2D eigenvalue weighted by molar-refractivity contribution is -0.384. The zero-order chi connectivity index (χ0) is 28.7. The van der Waals surface area contributed by atoms with Crippen LogP contribution in [0.3, 0.4) is 0 Å². The van der Waals surface area contributed by atoms with Gasteiger partial charge in [-0.15, -0.1) is 0 Å². The Morgan fingerprint density at radius 3 is 2.00 bits per heavy atom. The molecule has 0 bridgehead atoms. The highest BCUT2D eigenvalue weighted by atomic mass is 79.9. The van der Waals surface area contributed by atoms with Crippen molar-refractivity contribution in [3.8, 4) is 0 Å². The predicted molar refractivity (Wildman–Crippen MR) is 174 cm³/mol. The number of hydrogen-bond donors (Lipinski definition) is 0. The van der Waals surface area contributed by atoms with Crippen LogP contribution in [-0.4, -0.2) is 15.7 Å². The minimum absolute atomic E-state index is 0.0431. The van der Waals surface area contributed by atoms with Gasteiger partial charge in [-0.05, 0) is 71.1 Å². The minimum Gasteiger partial charge on any atom is -0.258 e. The van der Waals surface area contributed by atoms with E-state index in [0.717, 1.165) is 51.7 Å². The number of hydrazone groups is 2. The molecule has 0 unspecified atom stereocenters. The Hall–Kier alpha value is -4.47. The number of allylic oxidation sites excluding steroid dienone is 4. The van der Waals surface area contributed by atoms with Crippen LogP contribution in [0.4, 0.5) is 17.1 Å². The number of anilines is 2. The van der Waals surface area contributed by atoms with E-state index in [0.29, 0.717) is 0 Å². The topological polar surface area (TPSA) is 74.3 Å². The summed E-state index contributed by atoms with van der Waals surface area (Å²) in [5.74, 6) is 0. The Balaban J connectivity index is 1.47. The molecule has 0 saturated carbocycles. The number of benzene rings is 4. The van der Waals surface area contributed by atoms with Crippen molar-refractivity contribution in [2.24, 2.45) is 10.2 Å². The number of halogens is 1. The van der Waals surface area contributed by atoms with E-state index in [2.05, 4.69) is 69.5 Å².